The summed E-state index contributed by atoms with van der Waals surface area (Å²) in [7, 11) is -3.71. The van der Waals surface area contributed by atoms with Crippen LogP contribution in [0.4, 0.5) is 0 Å². The number of rotatable bonds is 9. The van der Waals surface area contributed by atoms with E-state index >= 15 is 0 Å². The zero-order valence-corrected chi connectivity index (χ0v) is 18.1. The van der Waals surface area contributed by atoms with E-state index < -0.39 is 10.0 Å². The fraction of sp³-hybridized carbons (Fsp3) is 0.273. The number of carbonyl (C=O) groups is 1. The number of benzene rings is 2. The van der Waals surface area contributed by atoms with Crippen LogP contribution in [0.3, 0.4) is 0 Å². The number of hydrogen-bond acceptors (Lipinski definition) is 7. The summed E-state index contributed by atoms with van der Waals surface area (Å²) in [4.78, 5) is 12.1. The van der Waals surface area contributed by atoms with E-state index in [0.717, 1.165) is 11.3 Å². The van der Waals surface area contributed by atoms with Crippen molar-refractivity contribution in [3.63, 3.8) is 0 Å². The third-order valence-electron chi connectivity index (χ3n) is 4.78. The molecule has 0 radical (unpaired) electrons. The van der Waals surface area contributed by atoms with Gasteiger partial charge >= 0.3 is 5.97 Å². The fourth-order valence-electron chi connectivity index (χ4n) is 3.12. The van der Waals surface area contributed by atoms with E-state index in [1.165, 1.54) is 12.1 Å². The fourth-order valence-corrected chi connectivity index (χ4v) is 4.20. The van der Waals surface area contributed by atoms with Gasteiger partial charge < -0.3 is 14.2 Å². The van der Waals surface area contributed by atoms with Gasteiger partial charge in [-0.2, -0.15) is 5.10 Å². The highest BCUT2D eigenvalue weighted by Gasteiger charge is 2.19. The summed E-state index contributed by atoms with van der Waals surface area (Å²) >= 11 is 0. The number of sulfonamides is 1. The van der Waals surface area contributed by atoms with Crippen LogP contribution in [0.25, 0.3) is 5.69 Å². The van der Waals surface area contributed by atoms with Gasteiger partial charge in [0.15, 0.2) is 11.5 Å². The van der Waals surface area contributed by atoms with E-state index in [1.54, 1.807) is 16.9 Å². The lowest BCUT2D eigenvalue weighted by Crippen LogP contribution is -2.25. The number of nitrogens with one attached hydrogen (secondary N) is 1. The third kappa shape index (κ3) is 5.45. The lowest BCUT2D eigenvalue weighted by atomic mass is 10.2. The van der Waals surface area contributed by atoms with Gasteiger partial charge in [0.25, 0.3) is 0 Å². The van der Waals surface area contributed by atoms with E-state index in [0.29, 0.717) is 31.1 Å². The molecule has 2 aromatic carbocycles. The number of aromatic nitrogens is 2. The molecule has 0 fully saturated rings. The van der Waals surface area contributed by atoms with Crippen molar-refractivity contribution in [3.8, 4) is 17.2 Å². The predicted octanol–water partition coefficient (Wildman–Crippen LogP) is 2.45. The second kappa shape index (κ2) is 9.84. The molecule has 0 saturated carbocycles. The van der Waals surface area contributed by atoms with Crippen molar-refractivity contribution in [2.24, 2.45) is 0 Å². The molecule has 0 unspecified atom stereocenters. The van der Waals surface area contributed by atoms with Crippen LogP contribution in [-0.2, 0) is 26.2 Å². The maximum atomic E-state index is 12.5. The van der Waals surface area contributed by atoms with Crippen LogP contribution in [0.5, 0.6) is 11.5 Å². The van der Waals surface area contributed by atoms with Gasteiger partial charge in [0, 0.05) is 31.4 Å². The van der Waals surface area contributed by atoms with Crippen molar-refractivity contribution in [3.05, 3.63) is 66.5 Å². The Hall–Kier alpha value is -3.37. The molecular formula is C22H23N3O6S. The van der Waals surface area contributed by atoms with Gasteiger partial charge in [-0.05, 0) is 42.3 Å². The van der Waals surface area contributed by atoms with Crippen LogP contribution in [0.1, 0.15) is 18.4 Å². The van der Waals surface area contributed by atoms with Crippen molar-refractivity contribution in [1.29, 1.82) is 0 Å². The number of esters is 1. The number of hydrogen-bond donors (Lipinski definition) is 1. The first-order valence-electron chi connectivity index (χ1n) is 10.2. The summed E-state index contributed by atoms with van der Waals surface area (Å²) in [5.74, 6) is 0.536. The van der Waals surface area contributed by atoms with Gasteiger partial charge in [0.05, 0.1) is 10.6 Å². The average Bonchev–Trinajstić information content (AvgIpc) is 3.35. The molecule has 9 nitrogen and oxygen atoms in total. The highest BCUT2D eigenvalue weighted by molar-refractivity contribution is 7.89. The zero-order chi connectivity index (χ0) is 22.4. The highest BCUT2D eigenvalue weighted by atomic mass is 32.2. The first-order chi connectivity index (χ1) is 15.5. The van der Waals surface area contributed by atoms with Crippen LogP contribution >= 0.6 is 0 Å². The second-order valence-electron chi connectivity index (χ2n) is 7.08. The minimum atomic E-state index is -3.71. The zero-order valence-electron chi connectivity index (χ0n) is 17.3. The quantitative estimate of drug-likeness (QED) is 0.388. The molecular weight excluding hydrogens is 434 g/mol. The lowest BCUT2D eigenvalue weighted by molar-refractivity contribution is -0.145. The van der Waals surface area contributed by atoms with Crippen LogP contribution < -0.4 is 14.2 Å². The Kier molecular flexibility index (Phi) is 6.72. The van der Waals surface area contributed by atoms with Gasteiger partial charge in [-0.1, -0.05) is 12.1 Å². The van der Waals surface area contributed by atoms with Crippen molar-refractivity contribution in [1.82, 2.24) is 14.5 Å². The first-order valence-corrected chi connectivity index (χ1v) is 11.6. The summed E-state index contributed by atoms with van der Waals surface area (Å²) in [5.41, 5.74) is 1.77. The Morgan fingerprint density at radius 3 is 2.62 bits per heavy atom. The first kappa shape index (κ1) is 21.8. The number of carbonyl (C=O) groups excluding carboxylic acids is 1. The molecule has 0 aliphatic carbocycles. The molecule has 0 spiro atoms. The molecule has 2 heterocycles. The molecule has 10 heteroatoms. The van der Waals surface area contributed by atoms with Crippen LogP contribution in [0.15, 0.2) is 65.8 Å². The van der Waals surface area contributed by atoms with Crippen LogP contribution in [-0.4, -0.2) is 43.9 Å². The smallest absolute Gasteiger partial charge is 0.306 e. The van der Waals surface area contributed by atoms with Gasteiger partial charge in [-0.15, -0.1) is 0 Å². The van der Waals surface area contributed by atoms with Gasteiger partial charge in [0.1, 0.15) is 19.8 Å². The largest absolute Gasteiger partial charge is 0.486 e. The van der Waals surface area contributed by atoms with Crippen LogP contribution in [0, 0.1) is 0 Å². The Morgan fingerprint density at radius 1 is 1.09 bits per heavy atom. The summed E-state index contributed by atoms with van der Waals surface area (Å²) < 4.78 is 45.2. The molecule has 1 aliphatic rings. The predicted molar refractivity (Wildman–Crippen MR) is 115 cm³/mol. The SMILES string of the molecule is O=C(CCCNS(=O)(=O)c1ccc2c(c1)OCCO2)OCc1ccc(-n2cccn2)cc1. The van der Waals surface area contributed by atoms with Crippen molar-refractivity contribution >= 4 is 16.0 Å². The molecule has 0 saturated heterocycles. The molecule has 0 atom stereocenters. The van der Waals surface area contributed by atoms with Crippen molar-refractivity contribution in [2.75, 3.05) is 19.8 Å². The van der Waals surface area contributed by atoms with E-state index in [1.807, 2.05) is 36.5 Å². The molecule has 1 aromatic heterocycles. The lowest BCUT2D eigenvalue weighted by Gasteiger charge is -2.18. The Bertz CT molecular complexity index is 1160. The Balaban J connectivity index is 1.19. The molecule has 4 rings (SSSR count). The highest BCUT2D eigenvalue weighted by Crippen LogP contribution is 2.32. The Morgan fingerprint density at radius 2 is 1.88 bits per heavy atom. The van der Waals surface area contributed by atoms with Gasteiger partial charge in [-0.25, -0.2) is 17.8 Å². The molecule has 32 heavy (non-hydrogen) atoms. The summed E-state index contributed by atoms with van der Waals surface area (Å²) in [5, 5.41) is 4.16. The van der Waals surface area contributed by atoms with Gasteiger partial charge in [-0.3, -0.25) is 4.79 Å². The van der Waals surface area contributed by atoms with E-state index in [4.69, 9.17) is 14.2 Å². The molecule has 0 bridgehead atoms. The average molecular weight is 458 g/mol. The Labute approximate surface area is 186 Å². The molecule has 0 amide bonds. The maximum Gasteiger partial charge on any atom is 0.306 e. The van der Waals surface area contributed by atoms with Crippen LogP contribution in [0.2, 0.25) is 0 Å². The minimum absolute atomic E-state index is 0.0860. The third-order valence-corrected chi connectivity index (χ3v) is 6.24. The minimum Gasteiger partial charge on any atom is -0.486 e. The monoisotopic (exact) mass is 457 g/mol. The summed E-state index contributed by atoms with van der Waals surface area (Å²) in [6, 6.07) is 13.8. The van der Waals surface area contributed by atoms with E-state index in [-0.39, 0.29) is 30.4 Å². The van der Waals surface area contributed by atoms with Crippen molar-refractivity contribution < 1.29 is 27.4 Å². The summed E-state index contributed by atoms with van der Waals surface area (Å²) in [6.07, 6.45) is 3.97. The molecule has 168 valence electrons. The standard InChI is InChI=1S/C22H23N3O6S/c26-22(31-16-17-4-6-18(7-5-17)25-12-2-10-23-25)3-1-11-24-32(27,28)19-8-9-20-21(15-19)30-14-13-29-20/h2,4-10,12,15,24H,1,3,11,13-14,16H2. The topological polar surface area (TPSA) is 109 Å². The number of ether oxygens (including phenoxy) is 3. The number of fused-ring (bicyclic) bond motifs is 1. The second-order valence-corrected chi connectivity index (χ2v) is 8.85. The maximum absolute atomic E-state index is 12.5. The van der Waals surface area contributed by atoms with Gasteiger partial charge in [0.2, 0.25) is 10.0 Å². The van der Waals surface area contributed by atoms with E-state index in [2.05, 4.69) is 9.82 Å². The molecule has 1 N–H and O–H groups in total. The number of nitrogens with zero attached hydrogens (tertiary/aromatic N) is 2. The summed E-state index contributed by atoms with van der Waals surface area (Å²) in [6.45, 7) is 1.08. The molecule has 3 aromatic rings. The van der Waals surface area contributed by atoms with Crippen molar-refractivity contribution in [2.45, 2.75) is 24.3 Å². The normalized spacial score (nSPS) is 13.0. The molecule has 1 aliphatic heterocycles. The van der Waals surface area contributed by atoms with E-state index in [9.17, 15) is 13.2 Å².